The summed E-state index contributed by atoms with van der Waals surface area (Å²) < 4.78 is 0. The molecule has 0 aromatic heterocycles. The summed E-state index contributed by atoms with van der Waals surface area (Å²) in [6.07, 6.45) is 3.53. The summed E-state index contributed by atoms with van der Waals surface area (Å²) in [7, 11) is 0. The summed E-state index contributed by atoms with van der Waals surface area (Å²) in [5, 5.41) is 9.22. The average molecular weight is 181 g/mol. The first kappa shape index (κ1) is 9.22. The SMILES string of the molecule is CC(C)=CCN1CC2CC2(CO)C1. The van der Waals surface area contributed by atoms with Crippen LogP contribution in [-0.2, 0) is 0 Å². The Kier molecular flexibility index (Phi) is 2.20. The van der Waals surface area contributed by atoms with Crippen LogP contribution in [0.1, 0.15) is 20.3 Å². The molecule has 2 fully saturated rings. The maximum atomic E-state index is 9.22. The van der Waals surface area contributed by atoms with E-state index in [4.69, 9.17) is 0 Å². The van der Waals surface area contributed by atoms with Gasteiger partial charge in [-0.05, 0) is 26.2 Å². The molecule has 0 amide bonds. The maximum Gasteiger partial charge on any atom is 0.0502 e. The Hall–Kier alpha value is -0.340. The molecule has 1 saturated heterocycles. The molecule has 0 spiro atoms. The molecular formula is C11H19NO. The predicted octanol–water partition coefficient (Wildman–Crippen LogP) is 1.27. The van der Waals surface area contributed by atoms with Crippen molar-refractivity contribution in [2.24, 2.45) is 11.3 Å². The van der Waals surface area contributed by atoms with Gasteiger partial charge in [0.15, 0.2) is 0 Å². The molecule has 2 unspecified atom stereocenters. The van der Waals surface area contributed by atoms with Crippen LogP contribution in [0, 0.1) is 11.3 Å². The molecule has 0 radical (unpaired) electrons. The lowest BCUT2D eigenvalue weighted by atomic mass is 10.1. The normalized spacial score (nSPS) is 37.3. The van der Waals surface area contributed by atoms with E-state index in [0.717, 1.165) is 19.0 Å². The molecule has 2 rings (SSSR count). The number of rotatable bonds is 3. The van der Waals surface area contributed by atoms with Crippen LogP contribution < -0.4 is 0 Å². The fourth-order valence-electron chi connectivity index (χ4n) is 2.40. The summed E-state index contributed by atoms with van der Waals surface area (Å²) in [6, 6.07) is 0. The second-order valence-corrected chi connectivity index (χ2v) is 4.90. The molecule has 2 heteroatoms. The van der Waals surface area contributed by atoms with Crippen molar-refractivity contribution in [1.29, 1.82) is 0 Å². The van der Waals surface area contributed by atoms with Crippen molar-refractivity contribution in [2.75, 3.05) is 26.2 Å². The van der Waals surface area contributed by atoms with Crippen molar-refractivity contribution in [1.82, 2.24) is 4.90 Å². The van der Waals surface area contributed by atoms with Crippen LogP contribution in [0.4, 0.5) is 0 Å². The van der Waals surface area contributed by atoms with E-state index in [9.17, 15) is 5.11 Å². The van der Waals surface area contributed by atoms with E-state index in [1.165, 1.54) is 18.5 Å². The number of fused-ring (bicyclic) bond motifs is 1. The molecule has 1 N–H and O–H groups in total. The highest BCUT2D eigenvalue weighted by Gasteiger charge is 2.58. The fourth-order valence-corrected chi connectivity index (χ4v) is 2.40. The van der Waals surface area contributed by atoms with E-state index >= 15 is 0 Å². The summed E-state index contributed by atoms with van der Waals surface area (Å²) in [6.45, 7) is 8.04. The van der Waals surface area contributed by atoms with E-state index in [1.54, 1.807) is 0 Å². The van der Waals surface area contributed by atoms with Gasteiger partial charge in [-0.3, -0.25) is 4.90 Å². The van der Waals surface area contributed by atoms with Gasteiger partial charge in [-0.1, -0.05) is 11.6 Å². The number of aliphatic hydroxyl groups is 1. The number of hydrogen-bond donors (Lipinski definition) is 1. The lowest BCUT2D eigenvalue weighted by Gasteiger charge is -2.17. The average Bonchev–Trinajstić information content (AvgIpc) is 2.67. The molecule has 0 aromatic carbocycles. The molecule has 1 aliphatic heterocycles. The molecule has 2 nitrogen and oxygen atoms in total. The second kappa shape index (κ2) is 3.10. The number of likely N-dealkylation sites (tertiary alicyclic amines) is 1. The minimum atomic E-state index is 0.315. The van der Waals surface area contributed by atoms with E-state index in [-0.39, 0.29) is 0 Å². The maximum absolute atomic E-state index is 9.22. The Morgan fingerprint density at radius 3 is 2.92 bits per heavy atom. The van der Waals surface area contributed by atoms with Gasteiger partial charge < -0.3 is 5.11 Å². The fraction of sp³-hybridized carbons (Fsp3) is 0.818. The Balaban J connectivity index is 1.84. The van der Waals surface area contributed by atoms with Gasteiger partial charge in [0.1, 0.15) is 0 Å². The monoisotopic (exact) mass is 181 g/mol. The molecule has 13 heavy (non-hydrogen) atoms. The van der Waals surface area contributed by atoms with Crippen molar-refractivity contribution >= 4 is 0 Å². The van der Waals surface area contributed by atoms with Crippen molar-refractivity contribution in [3.8, 4) is 0 Å². The largest absolute Gasteiger partial charge is 0.396 e. The zero-order chi connectivity index (χ0) is 9.47. The van der Waals surface area contributed by atoms with Crippen LogP contribution in [0.25, 0.3) is 0 Å². The van der Waals surface area contributed by atoms with E-state index in [1.807, 2.05) is 0 Å². The summed E-state index contributed by atoms with van der Waals surface area (Å²) in [5.41, 5.74) is 1.70. The lowest BCUT2D eigenvalue weighted by Crippen LogP contribution is -2.26. The van der Waals surface area contributed by atoms with Crippen LogP contribution in [-0.4, -0.2) is 36.2 Å². The number of aliphatic hydroxyl groups excluding tert-OH is 1. The van der Waals surface area contributed by atoms with Gasteiger partial charge in [0.2, 0.25) is 0 Å². The Morgan fingerprint density at radius 2 is 2.38 bits per heavy atom. The first-order valence-electron chi connectivity index (χ1n) is 5.13. The molecule has 1 heterocycles. The third-order valence-corrected chi connectivity index (χ3v) is 3.45. The van der Waals surface area contributed by atoms with Crippen LogP contribution in [0.15, 0.2) is 11.6 Å². The van der Waals surface area contributed by atoms with Gasteiger partial charge in [0.25, 0.3) is 0 Å². The van der Waals surface area contributed by atoms with Gasteiger partial charge >= 0.3 is 0 Å². The third kappa shape index (κ3) is 1.65. The summed E-state index contributed by atoms with van der Waals surface area (Å²) in [5.74, 6) is 0.795. The van der Waals surface area contributed by atoms with E-state index < -0.39 is 0 Å². The minimum Gasteiger partial charge on any atom is -0.396 e. The van der Waals surface area contributed by atoms with Gasteiger partial charge in [-0.2, -0.15) is 0 Å². The minimum absolute atomic E-state index is 0.315. The second-order valence-electron chi connectivity index (χ2n) is 4.90. The highest BCUT2D eigenvalue weighted by molar-refractivity contribution is 5.11. The van der Waals surface area contributed by atoms with Crippen LogP contribution in [0.2, 0.25) is 0 Å². The number of hydrogen-bond acceptors (Lipinski definition) is 2. The molecule has 1 saturated carbocycles. The van der Waals surface area contributed by atoms with Gasteiger partial charge in [-0.25, -0.2) is 0 Å². The first-order chi connectivity index (χ1) is 6.16. The number of piperidine rings is 1. The van der Waals surface area contributed by atoms with E-state index in [0.29, 0.717) is 12.0 Å². The summed E-state index contributed by atoms with van der Waals surface area (Å²) >= 11 is 0. The Bertz CT molecular complexity index is 228. The molecule has 2 atom stereocenters. The molecular weight excluding hydrogens is 162 g/mol. The molecule has 74 valence electrons. The Labute approximate surface area is 80.2 Å². The molecule has 1 aliphatic carbocycles. The third-order valence-electron chi connectivity index (χ3n) is 3.45. The zero-order valence-electron chi connectivity index (χ0n) is 8.58. The number of nitrogens with zero attached hydrogens (tertiary/aromatic N) is 1. The van der Waals surface area contributed by atoms with Crippen LogP contribution >= 0.6 is 0 Å². The highest BCUT2D eigenvalue weighted by Crippen LogP contribution is 2.57. The van der Waals surface area contributed by atoms with Gasteiger partial charge in [-0.15, -0.1) is 0 Å². The van der Waals surface area contributed by atoms with Crippen LogP contribution in [0.3, 0.4) is 0 Å². The van der Waals surface area contributed by atoms with E-state index in [2.05, 4.69) is 24.8 Å². The zero-order valence-corrected chi connectivity index (χ0v) is 8.58. The summed E-state index contributed by atoms with van der Waals surface area (Å²) in [4.78, 5) is 2.46. The molecule has 0 bridgehead atoms. The van der Waals surface area contributed by atoms with Gasteiger partial charge in [0, 0.05) is 25.0 Å². The van der Waals surface area contributed by atoms with Gasteiger partial charge in [0.05, 0.1) is 6.61 Å². The predicted molar refractivity (Wildman–Crippen MR) is 53.5 cm³/mol. The highest BCUT2D eigenvalue weighted by atomic mass is 16.3. The quantitative estimate of drug-likeness (QED) is 0.663. The van der Waals surface area contributed by atoms with Crippen molar-refractivity contribution in [2.45, 2.75) is 20.3 Å². The van der Waals surface area contributed by atoms with Crippen molar-refractivity contribution in [3.05, 3.63) is 11.6 Å². The van der Waals surface area contributed by atoms with Crippen molar-refractivity contribution in [3.63, 3.8) is 0 Å². The smallest absolute Gasteiger partial charge is 0.0502 e. The molecule has 0 aromatic rings. The lowest BCUT2D eigenvalue weighted by molar-refractivity contribution is 0.191. The Morgan fingerprint density at radius 1 is 1.62 bits per heavy atom. The number of allylic oxidation sites excluding steroid dienone is 1. The first-order valence-corrected chi connectivity index (χ1v) is 5.13. The molecule has 2 aliphatic rings. The standard InChI is InChI=1S/C11H19NO/c1-9(2)3-4-12-6-10-5-11(10,7-12)8-13/h3,10,13H,4-8H2,1-2H3. The van der Waals surface area contributed by atoms with Crippen molar-refractivity contribution < 1.29 is 5.11 Å². The topological polar surface area (TPSA) is 23.5 Å². The van der Waals surface area contributed by atoms with Crippen LogP contribution in [0.5, 0.6) is 0 Å².